The Morgan fingerprint density at radius 1 is 1.04 bits per heavy atom. The molecule has 7 nitrogen and oxygen atoms in total. The Labute approximate surface area is 161 Å². The number of hydrogen-bond acceptors (Lipinski definition) is 6. The zero-order valence-corrected chi connectivity index (χ0v) is 15.6. The first-order valence-electron chi connectivity index (χ1n) is 8.50. The summed E-state index contributed by atoms with van der Waals surface area (Å²) < 4.78 is 16.3. The normalized spacial score (nSPS) is 12.2. The molecule has 0 fully saturated rings. The summed E-state index contributed by atoms with van der Waals surface area (Å²) >= 11 is 1.34. The number of hydrazine groups is 1. The van der Waals surface area contributed by atoms with Crippen molar-refractivity contribution in [1.29, 1.82) is 0 Å². The Hall–Kier alpha value is -2.87. The van der Waals surface area contributed by atoms with E-state index < -0.39 is 5.91 Å². The molecule has 1 aliphatic rings. The fourth-order valence-corrected chi connectivity index (χ4v) is 3.09. The minimum Gasteiger partial charge on any atom is -0.494 e. The number of amides is 2. The molecule has 1 heterocycles. The van der Waals surface area contributed by atoms with E-state index in [9.17, 15) is 9.59 Å². The minimum absolute atomic E-state index is 0.156. The number of hydrogen-bond donors (Lipinski definition) is 2. The molecular formula is C19H20N2O5S. The lowest BCUT2D eigenvalue weighted by atomic mass is 10.2. The molecule has 2 aromatic carbocycles. The van der Waals surface area contributed by atoms with Crippen molar-refractivity contribution in [3.05, 3.63) is 48.0 Å². The van der Waals surface area contributed by atoms with Crippen LogP contribution in [0.1, 0.15) is 17.3 Å². The lowest BCUT2D eigenvalue weighted by molar-refractivity contribution is -0.119. The van der Waals surface area contributed by atoms with Crippen molar-refractivity contribution in [2.45, 2.75) is 11.8 Å². The standard InChI is InChI=1S/C19H20N2O5S/c1-2-24-14-5-3-13(4-6-14)19(23)21-20-18(22)12-27-15-7-8-16-17(11-15)26-10-9-25-16/h3-8,11H,2,9-10,12H2,1H3,(H,20,22)(H,21,23). The maximum absolute atomic E-state index is 12.0. The van der Waals surface area contributed by atoms with Crippen molar-refractivity contribution in [1.82, 2.24) is 10.9 Å². The first-order valence-corrected chi connectivity index (χ1v) is 9.49. The molecule has 0 aliphatic carbocycles. The van der Waals surface area contributed by atoms with Gasteiger partial charge in [0.2, 0.25) is 5.91 Å². The average molecular weight is 388 g/mol. The van der Waals surface area contributed by atoms with Gasteiger partial charge in [-0.2, -0.15) is 0 Å². The highest BCUT2D eigenvalue weighted by Crippen LogP contribution is 2.34. The smallest absolute Gasteiger partial charge is 0.269 e. The molecule has 27 heavy (non-hydrogen) atoms. The van der Waals surface area contributed by atoms with Gasteiger partial charge in [0, 0.05) is 10.5 Å². The van der Waals surface area contributed by atoms with Crippen LogP contribution in [0.5, 0.6) is 17.2 Å². The Bertz CT molecular complexity index is 810. The van der Waals surface area contributed by atoms with Gasteiger partial charge in [-0.3, -0.25) is 20.4 Å². The van der Waals surface area contributed by atoms with Gasteiger partial charge in [-0.05, 0) is 49.4 Å². The Balaban J connectivity index is 1.44. The van der Waals surface area contributed by atoms with Gasteiger partial charge < -0.3 is 14.2 Å². The van der Waals surface area contributed by atoms with Crippen LogP contribution >= 0.6 is 11.8 Å². The molecule has 0 saturated heterocycles. The van der Waals surface area contributed by atoms with Crippen molar-refractivity contribution in [2.24, 2.45) is 0 Å². The van der Waals surface area contributed by atoms with Gasteiger partial charge in [-0.1, -0.05) is 0 Å². The molecule has 8 heteroatoms. The Kier molecular flexibility index (Phi) is 6.43. The van der Waals surface area contributed by atoms with E-state index >= 15 is 0 Å². The third-order valence-corrected chi connectivity index (χ3v) is 4.62. The minimum atomic E-state index is -0.393. The van der Waals surface area contributed by atoms with Gasteiger partial charge >= 0.3 is 0 Å². The number of rotatable bonds is 6. The summed E-state index contributed by atoms with van der Waals surface area (Å²) in [6.45, 7) is 3.50. The van der Waals surface area contributed by atoms with Crippen LogP contribution in [0.25, 0.3) is 0 Å². The van der Waals surface area contributed by atoms with E-state index in [-0.39, 0.29) is 11.7 Å². The molecule has 2 N–H and O–H groups in total. The highest BCUT2D eigenvalue weighted by molar-refractivity contribution is 8.00. The molecule has 0 atom stereocenters. The number of fused-ring (bicyclic) bond motifs is 1. The number of benzene rings is 2. The van der Waals surface area contributed by atoms with Crippen LogP contribution in [0, 0.1) is 0 Å². The maximum Gasteiger partial charge on any atom is 0.269 e. The first kappa shape index (κ1) is 18.9. The molecule has 0 unspecified atom stereocenters. The van der Waals surface area contributed by atoms with E-state index in [0.717, 1.165) is 4.90 Å². The number of carbonyl (C=O) groups is 2. The maximum atomic E-state index is 12.0. The third-order valence-electron chi connectivity index (χ3n) is 3.63. The summed E-state index contributed by atoms with van der Waals surface area (Å²) in [7, 11) is 0. The van der Waals surface area contributed by atoms with Gasteiger partial charge in [0.05, 0.1) is 12.4 Å². The fraction of sp³-hybridized carbons (Fsp3) is 0.263. The van der Waals surface area contributed by atoms with E-state index in [1.807, 2.05) is 25.1 Å². The van der Waals surface area contributed by atoms with Crippen LogP contribution < -0.4 is 25.1 Å². The summed E-state index contributed by atoms with van der Waals surface area (Å²) in [5.74, 6) is 1.52. The second-order valence-corrected chi connectivity index (χ2v) is 6.60. The fourth-order valence-electron chi connectivity index (χ4n) is 2.37. The lowest BCUT2D eigenvalue weighted by Gasteiger charge is -2.18. The van der Waals surface area contributed by atoms with Crippen LogP contribution in [0.15, 0.2) is 47.4 Å². The zero-order chi connectivity index (χ0) is 19.1. The van der Waals surface area contributed by atoms with Gasteiger partial charge in [0.25, 0.3) is 5.91 Å². The number of ether oxygens (including phenoxy) is 3. The molecule has 2 aromatic rings. The van der Waals surface area contributed by atoms with Crippen LogP contribution in [0.3, 0.4) is 0 Å². The summed E-state index contributed by atoms with van der Waals surface area (Å²) in [6.07, 6.45) is 0. The average Bonchev–Trinajstić information content (AvgIpc) is 2.71. The predicted molar refractivity (Wildman–Crippen MR) is 101 cm³/mol. The Morgan fingerprint density at radius 3 is 2.52 bits per heavy atom. The van der Waals surface area contributed by atoms with E-state index in [4.69, 9.17) is 14.2 Å². The van der Waals surface area contributed by atoms with Gasteiger partial charge in [-0.15, -0.1) is 11.8 Å². The van der Waals surface area contributed by atoms with E-state index in [0.29, 0.717) is 42.6 Å². The molecule has 2 amide bonds. The molecule has 0 saturated carbocycles. The van der Waals surface area contributed by atoms with Crippen LogP contribution in [0.2, 0.25) is 0 Å². The number of carbonyl (C=O) groups excluding carboxylic acids is 2. The lowest BCUT2D eigenvalue weighted by Crippen LogP contribution is -2.42. The van der Waals surface area contributed by atoms with Crippen LogP contribution in [-0.2, 0) is 4.79 Å². The quantitative estimate of drug-likeness (QED) is 0.584. The second kappa shape index (κ2) is 9.18. The summed E-state index contributed by atoms with van der Waals surface area (Å²) in [5, 5.41) is 0. The Morgan fingerprint density at radius 2 is 1.78 bits per heavy atom. The van der Waals surface area contributed by atoms with Crippen LogP contribution in [-0.4, -0.2) is 37.4 Å². The van der Waals surface area contributed by atoms with E-state index in [1.165, 1.54) is 11.8 Å². The summed E-state index contributed by atoms with van der Waals surface area (Å²) in [6, 6.07) is 12.2. The molecule has 3 rings (SSSR count). The second-order valence-electron chi connectivity index (χ2n) is 5.55. The van der Waals surface area contributed by atoms with E-state index in [1.54, 1.807) is 24.3 Å². The molecular weight excluding hydrogens is 368 g/mol. The summed E-state index contributed by atoms with van der Waals surface area (Å²) in [5.41, 5.74) is 5.23. The van der Waals surface area contributed by atoms with Gasteiger partial charge in [0.15, 0.2) is 11.5 Å². The molecule has 0 radical (unpaired) electrons. The molecule has 0 spiro atoms. The summed E-state index contributed by atoms with van der Waals surface area (Å²) in [4.78, 5) is 24.9. The number of nitrogens with one attached hydrogen (secondary N) is 2. The highest BCUT2D eigenvalue weighted by atomic mass is 32.2. The molecule has 142 valence electrons. The number of thioether (sulfide) groups is 1. The molecule has 0 bridgehead atoms. The van der Waals surface area contributed by atoms with Crippen molar-refractivity contribution >= 4 is 23.6 Å². The topological polar surface area (TPSA) is 85.9 Å². The highest BCUT2D eigenvalue weighted by Gasteiger charge is 2.13. The van der Waals surface area contributed by atoms with Gasteiger partial charge in [0.1, 0.15) is 19.0 Å². The SMILES string of the molecule is CCOc1ccc(C(=O)NNC(=O)CSc2ccc3c(c2)OCCO3)cc1. The van der Waals surface area contributed by atoms with Crippen molar-refractivity contribution in [3.63, 3.8) is 0 Å². The zero-order valence-electron chi connectivity index (χ0n) is 14.8. The van der Waals surface area contributed by atoms with E-state index in [2.05, 4.69) is 10.9 Å². The monoisotopic (exact) mass is 388 g/mol. The first-order chi connectivity index (χ1) is 13.2. The van der Waals surface area contributed by atoms with Gasteiger partial charge in [-0.25, -0.2) is 0 Å². The molecule has 0 aromatic heterocycles. The predicted octanol–water partition coefficient (Wildman–Crippen LogP) is 2.41. The van der Waals surface area contributed by atoms with Crippen molar-refractivity contribution < 1.29 is 23.8 Å². The largest absolute Gasteiger partial charge is 0.494 e. The third kappa shape index (κ3) is 5.30. The van der Waals surface area contributed by atoms with Crippen molar-refractivity contribution in [2.75, 3.05) is 25.6 Å². The van der Waals surface area contributed by atoms with Crippen molar-refractivity contribution in [3.8, 4) is 17.2 Å². The van der Waals surface area contributed by atoms with Crippen LogP contribution in [0.4, 0.5) is 0 Å². The molecule has 1 aliphatic heterocycles.